The number of nitrogens with one attached hydrogen (secondary N) is 1. The summed E-state index contributed by atoms with van der Waals surface area (Å²) in [5.41, 5.74) is 13.2. The Kier molecular flexibility index (Phi) is 10.2. The van der Waals surface area contributed by atoms with Crippen molar-refractivity contribution in [2.24, 2.45) is 16.7 Å². The molecule has 3 aromatic rings. The molecule has 1 aromatic heterocycles. The number of aryl methyl sites for hydroxylation is 1. The van der Waals surface area contributed by atoms with Crippen molar-refractivity contribution in [3.63, 3.8) is 0 Å². The number of imidazole rings is 1. The van der Waals surface area contributed by atoms with Crippen LogP contribution in [0.15, 0.2) is 59.8 Å². The van der Waals surface area contributed by atoms with Crippen LogP contribution in [0.2, 0.25) is 0 Å². The third kappa shape index (κ3) is 7.52. The standard InChI is InChI=1S/C25H33N7O4/c1-2-3-9-24-28-16-21(18-35-14-6-15-36-32(33)34)31(24)17-19-10-12-20(13-11-19)22-7-4-5-8-23(22)25(26)29-30-27/h4-5,7-8,10-13,16,30H,2-3,6,9,14-15,17-18,27H2,1H3,(H2,26,29). The normalized spacial score (nSPS) is 11.4. The Balaban J connectivity index is 1.73. The van der Waals surface area contributed by atoms with Crippen molar-refractivity contribution < 1.29 is 14.7 Å². The molecule has 11 heteroatoms. The number of nitrogens with zero attached hydrogens (tertiary/aromatic N) is 4. The molecule has 0 atom stereocenters. The van der Waals surface area contributed by atoms with Gasteiger partial charge >= 0.3 is 0 Å². The summed E-state index contributed by atoms with van der Waals surface area (Å²) in [6.07, 6.45) is 5.29. The van der Waals surface area contributed by atoms with E-state index in [1.54, 1.807) is 0 Å². The van der Waals surface area contributed by atoms with Gasteiger partial charge in [-0.1, -0.05) is 61.9 Å². The SMILES string of the molecule is CCCCc1ncc(COCCCO[N+](=O)[O-])n1Cc1ccc(-c2ccccc2/C(N)=N/NN)cc1. The number of rotatable bonds is 15. The Morgan fingerprint density at radius 2 is 1.94 bits per heavy atom. The zero-order chi connectivity index (χ0) is 25.8. The van der Waals surface area contributed by atoms with Crippen LogP contribution in [0.3, 0.4) is 0 Å². The summed E-state index contributed by atoms with van der Waals surface area (Å²) >= 11 is 0. The Hall–Kier alpha value is -3.96. The molecule has 0 unspecified atom stereocenters. The van der Waals surface area contributed by atoms with E-state index in [-0.39, 0.29) is 6.61 Å². The predicted molar refractivity (Wildman–Crippen MR) is 137 cm³/mol. The first kappa shape index (κ1) is 26.6. The smallest absolute Gasteiger partial charge is 0.294 e. The van der Waals surface area contributed by atoms with Gasteiger partial charge in [0.25, 0.3) is 5.09 Å². The predicted octanol–water partition coefficient (Wildman–Crippen LogP) is 3.14. The number of nitrogens with two attached hydrogens (primary N) is 2. The number of aromatic nitrogens is 2. The van der Waals surface area contributed by atoms with Gasteiger partial charge in [-0.15, -0.1) is 15.2 Å². The van der Waals surface area contributed by atoms with Crippen LogP contribution in [0.5, 0.6) is 0 Å². The van der Waals surface area contributed by atoms with Crippen LogP contribution in [0.1, 0.15) is 48.8 Å². The Labute approximate surface area is 210 Å². The molecule has 0 saturated heterocycles. The molecule has 0 saturated carbocycles. The highest BCUT2D eigenvalue weighted by atomic mass is 16.9. The average Bonchev–Trinajstić information content (AvgIpc) is 3.26. The lowest BCUT2D eigenvalue weighted by atomic mass is 9.98. The molecule has 192 valence electrons. The highest BCUT2D eigenvalue weighted by molar-refractivity contribution is 6.03. The molecule has 0 aliphatic heterocycles. The summed E-state index contributed by atoms with van der Waals surface area (Å²) in [5, 5.41) is 13.4. The maximum Gasteiger partial charge on any atom is 0.294 e. The highest BCUT2D eigenvalue weighted by Crippen LogP contribution is 2.25. The minimum absolute atomic E-state index is 0.0176. The van der Waals surface area contributed by atoms with E-state index < -0.39 is 5.09 Å². The summed E-state index contributed by atoms with van der Waals surface area (Å²) in [6, 6.07) is 16.1. The molecule has 2 aromatic carbocycles. The number of hydrazine groups is 1. The minimum Gasteiger partial charge on any atom is -0.382 e. The zero-order valence-corrected chi connectivity index (χ0v) is 20.4. The summed E-state index contributed by atoms with van der Waals surface area (Å²) in [4.78, 5) is 19.2. The second-order valence-electron chi connectivity index (χ2n) is 8.19. The van der Waals surface area contributed by atoms with Gasteiger partial charge in [0.15, 0.2) is 5.84 Å². The summed E-state index contributed by atoms with van der Waals surface area (Å²) in [6.45, 7) is 3.57. The third-order valence-electron chi connectivity index (χ3n) is 5.65. The number of hydrogen-bond acceptors (Lipinski definition) is 8. The lowest BCUT2D eigenvalue weighted by molar-refractivity contribution is -0.757. The van der Waals surface area contributed by atoms with Gasteiger partial charge in [0, 0.05) is 25.1 Å². The van der Waals surface area contributed by atoms with E-state index in [4.69, 9.17) is 16.3 Å². The maximum absolute atomic E-state index is 10.2. The maximum atomic E-state index is 10.2. The molecule has 0 bridgehead atoms. The van der Waals surface area contributed by atoms with Crippen molar-refractivity contribution in [2.75, 3.05) is 13.2 Å². The van der Waals surface area contributed by atoms with Gasteiger partial charge < -0.3 is 19.9 Å². The van der Waals surface area contributed by atoms with E-state index in [1.165, 1.54) is 0 Å². The molecule has 0 fully saturated rings. The summed E-state index contributed by atoms with van der Waals surface area (Å²) < 4.78 is 7.91. The van der Waals surface area contributed by atoms with Gasteiger partial charge in [0.2, 0.25) is 0 Å². The van der Waals surface area contributed by atoms with E-state index >= 15 is 0 Å². The monoisotopic (exact) mass is 495 g/mol. The molecular formula is C25H33N7O4. The van der Waals surface area contributed by atoms with Gasteiger partial charge in [0.1, 0.15) is 5.82 Å². The fourth-order valence-corrected chi connectivity index (χ4v) is 3.83. The van der Waals surface area contributed by atoms with Gasteiger partial charge in [0.05, 0.1) is 25.1 Å². The van der Waals surface area contributed by atoms with Gasteiger partial charge in [-0.25, -0.2) is 16.4 Å². The molecule has 3 rings (SSSR count). The van der Waals surface area contributed by atoms with Crippen LogP contribution in [0, 0.1) is 10.1 Å². The number of hydrogen-bond donors (Lipinski definition) is 3. The van der Waals surface area contributed by atoms with Crippen LogP contribution >= 0.6 is 0 Å². The largest absolute Gasteiger partial charge is 0.382 e. The first-order valence-electron chi connectivity index (χ1n) is 11.9. The van der Waals surface area contributed by atoms with Crippen molar-refractivity contribution in [3.05, 3.63) is 87.5 Å². The highest BCUT2D eigenvalue weighted by Gasteiger charge is 2.12. The molecule has 0 aliphatic rings. The van der Waals surface area contributed by atoms with Gasteiger partial charge in [-0.3, -0.25) is 0 Å². The van der Waals surface area contributed by atoms with E-state index in [0.29, 0.717) is 32.0 Å². The average molecular weight is 496 g/mol. The molecule has 1 heterocycles. The first-order valence-corrected chi connectivity index (χ1v) is 11.9. The van der Waals surface area contributed by atoms with Crippen molar-refractivity contribution in [1.29, 1.82) is 0 Å². The van der Waals surface area contributed by atoms with E-state index in [1.807, 2.05) is 30.5 Å². The zero-order valence-electron chi connectivity index (χ0n) is 20.4. The second-order valence-corrected chi connectivity index (χ2v) is 8.19. The molecule has 11 nitrogen and oxygen atoms in total. The molecular weight excluding hydrogens is 462 g/mol. The molecule has 5 N–H and O–H groups in total. The van der Waals surface area contributed by atoms with Crippen LogP contribution in [0.25, 0.3) is 11.1 Å². The van der Waals surface area contributed by atoms with E-state index in [2.05, 4.69) is 56.2 Å². The number of unbranched alkanes of at least 4 members (excludes halogenated alkanes) is 1. The van der Waals surface area contributed by atoms with E-state index in [9.17, 15) is 10.1 Å². The van der Waals surface area contributed by atoms with Gasteiger partial charge in [-0.05, 0) is 29.5 Å². The van der Waals surface area contributed by atoms with E-state index in [0.717, 1.165) is 53.0 Å². The van der Waals surface area contributed by atoms with Crippen LogP contribution in [-0.4, -0.2) is 33.7 Å². The van der Waals surface area contributed by atoms with Crippen LogP contribution < -0.4 is 17.1 Å². The second kappa shape index (κ2) is 13.8. The fourth-order valence-electron chi connectivity index (χ4n) is 3.83. The fraction of sp³-hybridized carbons (Fsp3) is 0.360. The Morgan fingerprint density at radius 1 is 1.17 bits per heavy atom. The molecule has 0 radical (unpaired) electrons. The third-order valence-corrected chi connectivity index (χ3v) is 5.65. The van der Waals surface area contributed by atoms with Gasteiger partial charge in [-0.2, -0.15) is 0 Å². The number of amidine groups is 1. The van der Waals surface area contributed by atoms with Crippen molar-refractivity contribution in [1.82, 2.24) is 15.1 Å². The van der Waals surface area contributed by atoms with Crippen molar-refractivity contribution in [2.45, 2.75) is 45.8 Å². The molecule has 36 heavy (non-hydrogen) atoms. The minimum atomic E-state index is -0.793. The lowest BCUT2D eigenvalue weighted by Gasteiger charge is -2.14. The quantitative estimate of drug-likeness (QED) is 0.0725. The topological polar surface area (TPSA) is 156 Å². The first-order chi connectivity index (χ1) is 17.5. The van der Waals surface area contributed by atoms with Crippen LogP contribution in [0.4, 0.5) is 0 Å². The lowest BCUT2D eigenvalue weighted by Crippen LogP contribution is -2.23. The number of hydrazone groups is 1. The Bertz CT molecular complexity index is 1150. The molecule has 0 amide bonds. The summed E-state index contributed by atoms with van der Waals surface area (Å²) in [5.74, 6) is 6.62. The summed E-state index contributed by atoms with van der Waals surface area (Å²) in [7, 11) is 0. The molecule has 0 aliphatic carbocycles. The molecule has 0 spiro atoms. The van der Waals surface area contributed by atoms with Crippen LogP contribution in [-0.2, 0) is 29.1 Å². The van der Waals surface area contributed by atoms with Crippen molar-refractivity contribution in [3.8, 4) is 11.1 Å². The van der Waals surface area contributed by atoms with Crippen molar-refractivity contribution >= 4 is 5.84 Å². The number of ether oxygens (including phenoxy) is 1. The Morgan fingerprint density at radius 3 is 2.67 bits per heavy atom. The number of benzene rings is 2.